The van der Waals surface area contributed by atoms with Crippen LogP contribution in [-0.4, -0.2) is 41.5 Å². The highest BCUT2D eigenvalue weighted by Crippen LogP contribution is 2.40. The molecular formula is C26H29NO5. The number of benzene rings is 2. The lowest BCUT2D eigenvalue weighted by atomic mass is 9.95. The second kappa shape index (κ2) is 10.7. The number of Topliss-reactive ketones (excluding diaryl/α,β-unsaturated/α-hetero) is 1. The van der Waals surface area contributed by atoms with Gasteiger partial charge >= 0.3 is 0 Å². The van der Waals surface area contributed by atoms with Gasteiger partial charge in [0.05, 0.1) is 18.2 Å². The average Bonchev–Trinajstić information content (AvgIpc) is 3.06. The van der Waals surface area contributed by atoms with E-state index >= 15 is 0 Å². The molecule has 1 heterocycles. The lowest BCUT2D eigenvalue weighted by molar-refractivity contribution is -0.139. The number of ketones is 1. The molecule has 1 aliphatic heterocycles. The average molecular weight is 436 g/mol. The second-order valence-electron chi connectivity index (χ2n) is 7.48. The van der Waals surface area contributed by atoms with E-state index in [9.17, 15) is 14.7 Å². The first-order valence-corrected chi connectivity index (χ1v) is 10.9. The Labute approximate surface area is 188 Å². The van der Waals surface area contributed by atoms with Crippen LogP contribution in [-0.2, 0) is 9.59 Å². The Bertz CT molecular complexity index is 1010. The van der Waals surface area contributed by atoms with Gasteiger partial charge in [0.25, 0.3) is 11.7 Å². The highest BCUT2D eigenvalue weighted by Gasteiger charge is 2.45. The molecule has 0 radical (unpaired) electrons. The lowest BCUT2D eigenvalue weighted by Crippen LogP contribution is -2.30. The van der Waals surface area contributed by atoms with Crippen LogP contribution in [0, 0.1) is 0 Å². The predicted octanol–water partition coefficient (Wildman–Crippen LogP) is 4.87. The van der Waals surface area contributed by atoms with E-state index in [2.05, 4.69) is 6.58 Å². The Hall–Kier alpha value is -3.54. The van der Waals surface area contributed by atoms with Crippen molar-refractivity contribution < 1.29 is 24.2 Å². The minimum atomic E-state index is -0.694. The number of aliphatic hydroxyl groups is 1. The normalized spacial score (nSPS) is 17.4. The van der Waals surface area contributed by atoms with Crippen molar-refractivity contribution >= 4 is 17.4 Å². The summed E-state index contributed by atoms with van der Waals surface area (Å²) in [5.41, 5.74) is 1.23. The Balaban J connectivity index is 2.09. The van der Waals surface area contributed by atoms with Crippen LogP contribution in [0.3, 0.4) is 0 Å². The number of aliphatic hydroxyl groups excluding tert-OH is 1. The van der Waals surface area contributed by atoms with Crippen molar-refractivity contribution in [2.24, 2.45) is 0 Å². The summed E-state index contributed by atoms with van der Waals surface area (Å²) in [5.74, 6) is -0.225. The Morgan fingerprint density at radius 2 is 1.84 bits per heavy atom. The van der Waals surface area contributed by atoms with Gasteiger partial charge in [-0.1, -0.05) is 38.1 Å². The molecule has 6 heteroatoms. The number of hydrogen-bond acceptors (Lipinski definition) is 5. The first kappa shape index (κ1) is 23.1. The van der Waals surface area contributed by atoms with E-state index in [0.29, 0.717) is 42.4 Å². The number of hydrogen-bond donors (Lipinski definition) is 1. The maximum Gasteiger partial charge on any atom is 0.295 e. The number of nitrogens with zero attached hydrogens (tertiary/aromatic N) is 1. The molecule has 1 amide bonds. The van der Waals surface area contributed by atoms with Crippen LogP contribution in [0.1, 0.15) is 43.9 Å². The molecule has 1 aliphatic rings. The third kappa shape index (κ3) is 4.85. The van der Waals surface area contributed by atoms with Gasteiger partial charge in [-0.25, -0.2) is 0 Å². The molecular weight excluding hydrogens is 406 g/mol. The second-order valence-corrected chi connectivity index (χ2v) is 7.48. The molecule has 1 saturated heterocycles. The smallest absolute Gasteiger partial charge is 0.295 e. The molecule has 168 valence electrons. The molecule has 0 aliphatic carbocycles. The molecule has 1 unspecified atom stereocenters. The summed E-state index contributed by atoms with van der Waals surface area (Å²) < 4.78 is 11.1. The summed E-state index contributed by atoms with van der Waals surface area (Å²) in [5, 5.41) is 11.1. The molecule has 1 atom stereocenters. The van der Waals surface area contributed by atoms with Gasteiger partial charge in [-0.3, -0.25) is 9.59 Å². The minimum absolute atomic E-state index is 0.0798. The fraction of sp³-hybridized carbons (Fsp3) is 0.308. The molecule has 32 heavy (non-hydrogen) atoms. The van der Waals surface area contributed by atoms with E-state index in [0.717, 1.165) is 12.8 Å². The fourth-order valence-electron chi connectivity index (χ4n) is 3.75. The van der Waals surface area contributed by atoms with E-state index in [1.165, 1.54) is 0 Å². The summed E-state index contributed by atoms with van der Waals surface area (Å²) >= 11 is 0. The number of ether oxygens (including phenoxy) is 2. The van der Waals surface area contributed by atoms with Crippen LogP contribution < -0.4 is 9.47 Å². The maximum absolute atomic E-state index is 13.0. The molecule has 3 rings (SSSR count). The van der Waals surface area contributed by atoms with Crippen molar-refractivity contribution in [1.82, 2.24) is 4.90 Å². The molecule has 1 N–H and O–H groups in total. The van der Waals surface area contributed by atoms with Gasteiger partial charge < -0.3 is 19.5 Å². The zero-order valence-electron chi connectivity index (χ0n) is 18.5. The fourth-order valence-corrected chi connectivity index (χ4v) is 3.75. The molecule has 2 aromatic rings. The maximum atomic E-state index is 13.0. The summed E-state index contributed by atoms with van der Waals surface area (Å²) in [6.45, 7) is 8.85. The summed E-state index contributed by atoms with van der Waals surface area (Å²) in [4.78, 5) is 27.5. The standard InChI is InChI=1S/C26H29NO5/c1-4-7-15-27-23(19-9-8-10-21(17-19)32-16-5-2)22(25(29)26(27)30)24(28)18-11-13-20(14-12-18)31-6-3/h5,8-14,17,23,28H,2,4,6-7,15-16H2,1,3H3/b24-22-. The Morgan fingerprint density at radius 3 is 2.50 bits per heavy atom. The zero-order chi connectivity index (χ0) is 23.1. The zero-order valence-corrected chi connectivity index (χ0v) is 18.5. The van der Waals surface area contributed by atoms with Crippen molar-refractivity contribution in [3.63, 3.8) is 0 Å². The first-order chi connectivity index (χ1) is 15.5. The number of amides is 1. The van der Waals surface area contributed by atoms with Gasteiger partial charge in [-0.15, -0.1) is 0 Å². The van der Waals surface area contributed by atoms with Crippen LogP contribution in [0.4, 0.5) is 0 Å². The monoisotopic (exact) mass is 435 g/mol. The van der Waals surface area contributed by atoms with Gasteiger partial charge in [0.2, 0.25) is 0 Å². The summed E-state index contributed by atoms with van der Waals surface area (Å²) in [7, 11) is 0. The molecule has 0 saturated carbocycles. The summed E-state index contributed by atoms with van der Waals surface area (Å²) in [6.07, 6.45) is 3.27. The number of carbonyl (C=O) groups is 2. The molecule has 6 nitrogen and oxygen atoms in total. The highest BCUT2D eigenvalue weighted by atomic mass is 16.5. The largest absolute Gasteiger partial charge is 0.507 e. The van der Waals surface area contributed by atoms with Gasteiger partial charge in [0.1, 0.15) is 23.9 Å². The third-order valence-corrected chi connectivity index (χ3v) is 5.27. The number of rotatable bonds is 10. The van der Waals surface area contributed by atoms with Crippen LogP contribution in [0.5, 0.6) is 11.5 Å². The summed E-state index contributed by atoms with van der Waals surface area (Å²) in [6, 6.07) is 13.4. The first-order valence-electron chi connectivity index (χ1n) is 10.9. The van der Waals surface area contributed by atoms with Gasteiger partial charge in [0.15, 0.2) is 0 Å². The van der Waals surface area contributed by atoms with E-state index < -0.39 is 17.7 Å². The number of likely N-dealkylation sites (tertiary alicyclic amines) is 1. The van der Waals surface area contributed by atoms with Crippen LogP contribution in [0.25, 0.3) is 5.76 Å². The van der Waals surface area contributed by atoms with Crippen molar-refractivity contribution in [1.29, 1.82) is 0 Å². The van der Waals surface area contributed by atoms with Gasteiger partial charge in [0, 0.05) is 12.1 Å². The van der Waals surface area contributed by atoms with Gasteiger partial charge in [-0.2, -0.15) is 0 Å². The van der Waals surface area contributed by atoms with Crippen molar-refractivity contribution in [2.45, 2.75) is 32.7 Å². The van der Waals surface area contributed by atoms with Crippen LogP contribution in [0.2, 0.25) is 0 Å². The molecule has 0 aromatic heterocycles. The number of carbonyl (C=O) groups excluding carboxylic acids is 2. The van der Waals surface area contributed by atoms with Crippen molar-refractivity contribution in [3.8, 4) is 11.5 Å². The van der Waals surface area contributed by atoms with Crippen molar-refractivity contribution in [2.75, 3.05) is 19.8 Å². The van der Waals surface area contributed by atoms with Crippen LogP contribution in [0.15, 0.2) is 66.8 Å². The van der Waals surface area contributed by atoms with E-state index in [-0.39, 0.29) is 11.3 Å². The molecule has 2 aromatic carbocycles. The quantitative estimate of drug-likeness (QED) is 0.249. The SMILES string of the molecule is C=CCOc1cccc(C2/C(=C(/O)c3ccc(OCC)cc3)C(=O)C(=O)N2CCCC)c1. The van der Waals surface area contributed by atoms with E-state index in [1.807, 2.05) is 26.0 Å². The predicted molar refractivity (Wildman–Crippen MR) is 124 cm³/mol. The minimum Gasteiger partial charge on any atom is -0.507 e. The molecule has 0 spiro atoms. The van der Waals surface area contributed by atoms with Gasteiger partial charge in [-0.05, 0) is 55.3 Å². The lowest BCUT2D eigenvalue weighted by Gasteiger charge is -2.25. The Kier molecular flexibility index (Phi) is 7.71. The molecule has 0 bridgehead atoms. The topological polar surface area (TPSA) is 76.1 Å². The van der Waals surface area contributed by atoms with Crippen molar-refractivity contribution in [3.05, 3.63) is 77.9 Å². The Morgan fingerprint density at radius 1 is 1.09 bits per heavy atom. The number of unbranched alkanes of at least 4 members (excludes halogenated alkanes) is 1. The van der Waals surface area contributed by atoms with Crippen LogP contribution >= 0.6 is 0 Å². The molecule has 1 fully saturated rings. The third-order valence-electron chi connectivity index (χ3n) is 5.27. The van der Waals surface area contributed by atoms with E-state index in [4.69, 9.17) is 9.47 Å². The van der Waals surface area contributed by atoms with E-state index in [1.54, 1.807) is 47.4 Å². The highest BCUT2D eigenvalue weighted by molar-refractivity contribution is 6.46.